The summed E-state index contributed by atoms with van der Waals surface area (Å²) in [6.45, 7) is 3.38. The summed E-state index contributed by atoms with van der Waals surface area (Å²) < 4.78 is 0. The van der Waals surface area contributed by atoms with E-state index in [0.717, 1.165) is 17.3 Å². The van der Waals surface area contributed by atoms with Crippen molar-refractivity contribution in [3.8, 4) is 0 Å². The molecule has 0 aromatic heterocycles. The van der Waals surface area contributed by atoms with Crippen LogP contribution in [0.1, 0.15) is 25.3 Å². The molecule has 1 atom stereocenters. The van der Waals surface area contributed by atoms with E-state index in [-0.39, 0.29) is 11.8 Å². The van der Waals surface area contributed by atoms with Crippen LogP contribution >= 0.6 is 11.6 Å². The molecule has 1 aliphatic carbocycles. The normalized spacial score (nSPS) is 15.6. The van der Waals surface area contributed by atoms with Gasteiger partial charge in [-0.1, -0.05) is 30.7 Å². The van der Waals surface area contributed by atoms with Gasteiger partial charge in [0.25, 0.3) is 0 Å². The number of anilines is 1. The lowest BCUT2D eigenvalue weighted by atomic mass is 10.1. The molecular weight excluding hydrogens is 286 g/mol. The van der Waals surface area contributed by atoms with Gasteiger partial charge in [0.05, 0.1) is 16.6 Å². The van der Waals surface area contributed by atoms with E-state index < -0.39 is 0 Å². The minimum Gasteiger partial charge on any atom is -0.372 e. The summed E-state index contributed by atoms with van der Waals surface area (Å²) in [6.07, 6.45) is 2.53. The zero-order valence-corrected chi connectivity index (χ0v) is 13.7. The van der Waals surface area contributed by atoms with Gasteiger partial charge < -0.3 is 15.5 Å². The lowest BCUT2D eigenvalue weighted by Crippen LogP contribution is -2.35. The van der Waals surface area contributed by atoms with Gasteiger partial charge in [-0.2, -0.15) is 0 Å². The van der Waals surface area contributed by atoms with Crippen molar-refractivity contribution in [3.05, 3.63) is 28.8 Å². The van der Waals surface area contributed by atoms with Crippen LogP contribution in [-0.2, 0) is 11.3 Å². The van der Waals surface area contributed by atoms with E-state index in [9.17, 15) is 4.79 Å². The standard InChI is InChI=1S/C16H24ClN3O/c1-11(16(21)18-2)10-20(3)15-12(5-4-6-14(15)17)9-19-13-7-8-13/h4-6,11,13,19H,7-10H2,1-3H3,(H,18,21). The predicted octanol–water partition coefficient (Wildman–Crippen LogP) is 2.41. The molecule has 1 aliphatic rings. The Labute approximate surface area is 131 Å². The first-order chi connectivity index (χ1) is 10.0. The van der Waals surface area contributed by atoms with Crippen LogP contribution in [0.5, 0.6) is 0 Å². The van der Waals surface area contributed by atoms with E-state index in [0.29, 0.717) is 12.6 Å². The van der Waals surface area contributed by atoms with E-state index in [4.69, 9.17) is 11.6 Å². The highest BCUT2D eigenvalue weighted by molar-refractivity contribution is 6.33. The van der Waals surface area contributed by atoms with Crippen molar-refractivity contribution in [3.63, 3.8) is 0 Å². The van der Waals surface area contributed by atoms with E-state index in [1.54, 1.807) is 7.05 Å². The highest BCUT2D eigenvalue weighted by atomic mass is 35.5. The highest BCUT2D eigenvalue weighted by Crippen LogP contribution is 2.30. The second-order valence-electron chi connectivity index (χ2n) is 5.80. The van der Waals surface area contributed by atoms with Gasteiger partial charge in [-0.15, -0.1) is 0 Å². The fourth-order valence-electron chi connectivity index (χ4n) is 2.50. The summed E-state index contributed by atoms with van der Waals surface area (Å²) in [5, 5.41) is 6.94. The Kier molecular flexibility index (Phi) is 5.48. The van der Waals surface area contributed by atoms with Crippen LogP contribution in [0.2, 0.25) is 5.02 Å². The molecule has 2 N–H and O–H groups in total. The number of hydrogen-bond acceptors (Lipinski definition) is 3. The molecule has 1 unspecified atom stereocenters. The fraction of sp³-hybridized carbons (Fsp3) is 0.562. The maximum Gasteiger partial charge on any atom is 0.224 e. The third kappa shape index (κ3) is 4.35. The number of amides is 1. The summed E-state index contributed by atoms with van der Waals surface area (Å²) in [7, 11) is 3.65. The molecule has 1 saturated carbocycles. The van der Waals surface area contributed by atoms with Crippen LogP contribution in [0.25, 0.3) is 0 Å². The van der Waals surface area contributed by atoms with Gasteiger partial charge in [0, 0.05) is 33.2 Å². The van der Waals surface area contributed by atoms with Crippen molar-refractivity contribution in [1.82, 2.24) is 10.6 Å². The van der Waals surface area contributed by atoms with Gasteiger partial charge in [-0.05, 0) is 24.5 Å². The van der Waals surface area contributed by atoms with Crippen LogP contribution in [-0.4, -0.2) is 32.6 Å². The molecule has 2 rings (SSSR count). The Morgan fingerprint density at radius 3 is 2.81 bits per heavy atom. The average molecular weight is 310 g/mol. The van der Waals surface area contributed by atoms with E-state index >= 15 is 0 Å². The molecule has 1 aromatic carbocycles. The highest BCUT2D eigenvalue weighted by Gasteiger charge is 2.22. The maximum atomic E-state index is 11.7. The molecular formula is C16H24ClN3O. The second-order valence-corrected chi connectivity index (χ2v) is 6.21. The second kappa shape index (κ2) is 7.14. The third-order valence-corrected chi connectivity index (χ3v) is 4.16. The Morgan fingerprint density at radius 2 is 2.19 bits per heavy atom. The first-order valence-electron chi connectivity index (χ1n) is 7.46. The lowest BCUT2D eigenvalue weighted by Gasteiger charge is -2.26. The molecule has 0 spiro atoms. The van der Waals surface area contributed by atoms with Gasteiger partial charge in [0.15, 0.2) is 0 Å². The van der Waals surface area contributed by atoms with Crippen LogP contribution in [0.15, 0.2) is 18.2 Å². The molecule has 0 saturated heterocycles. The molecule has 0 aliphatic heterocycles. The van der Waals surface area contributed by atoms with E-state index in [1.807, 2.05) is 26.1 Å². The molecule has 4 nitrogen and oxygen atoms in total. The quantitative estimate of drug-likeness (QED) is 0.813. The summed E-state index contributed by atoms with van der Waals surface area (Å²) >= 11 is 6.38. The van der Waals surface area contributed by atoms with Gasteiger partial charge in [-0.25, -0.2) is 0 Å². The summed E-state index contributed by atoms with van der Waals surface area (Å²) in [6, 6.07) is 6.63. The molecule has 1 fully saturated rings. The first kappa shape index (κ1) is 16.1. The van der Waals surface area contributed by atoms with Crippen molar-refractivity contribution >= 4 is 23.2 Å². The van der Waals surface area contributed by atoms with Crippen LogP contribution in [0, 0.1) is 5.92 Å². The maximum absolute atomic E-state index is 11.7. The van der Waals surface area contributed by atoms with Gasteiger partial charge in [0.1, 0.15) is 0 Å². The number of nitrogens with one attached hydrogen (secondary N) is 2. The third-order valence-electron chi connectivity index (χ3n) is 3.85. The molecule has 1 aromatic rings. The smallest absolute Gasteiger partial charge is 0.224 e. The Balaban J connectivity index is 2.10. The zero-order valence-electron chi connectivity index (χ0n) is 12.9. The monoisotopic (exact) mass is 309 g/mol. The molecule has 0 radical (unpaired) electrons. The number of carbonyl (C=O) groups is 1. The summed E-state index contributed by atoms with van der Waals surface area (Å²) in [5.41, 5.74) is 2.20. The number of carbonyl (C=O) groups excluding carboxylic acids is 1. The predicted molar refractivity (Wildman–Crippen MR) is 87.8 cm³/mol. The first-order valence-corrected chi connectivity index (χ1v) is 7.84. The summed E-state index contributed by atoms with van der Waals surface area (Å²) in [4.78, 5) is 13.8. The van der Waals surface area contributed by atoms with Crippen molar-refractivity contribution in [2.24, 2.45) is 5.92 Å². The zero-order chi connectivity index (χ0) is 15.4. The van der Waals surface area contributed by atoms with Crippen molar-refractivity contribution in [2.45, 2.75) is 32.4 Å². The van der Waals surface area contributed by atoms with Crippen LogP contribution in [0.3, 0.4) is 0 Å². The minimum absolute atomic E-state index is 0.0477. The molecule has 21 heavy (non-hydrogen) atoms. The average Bonchev–Trinajstić information content (AvgIpc) is 3.28. The van der Waals surface area contributed by atoms with Crippen molar-refractivity contribution in [2.75, 3.05) is 25.5 Å². The topological polar surface area (TPSA) is 44.4 Å². The summed E-state index contributed by atoms with van der Waals surface area (Å²) in [5.74, 6) is -0.0351. The van der Waals surface area contributed by atoms with E-state index in [2.05, 4.69) is 21.6 Å². The molecule has 0 heterocycles. The Hall–Kier alpha value is -1.26. The van der Waals surface area contributed by atoms with Crippen molar-refractivity contribution in [1.29, 1.82) is 0 Å². The number of para-hydroxylation sites is 1. The van der Waals surface area contributed by atoms with E-state index in [1.165, 1.54) is 18.4 Å². The molecule has 0 bridgehead atoms. The molecule has 1 amide bonds. The Bertz CT molecular complexity index is 502. The number of nitrogens with zero attached hydrogens (tertiary/aromatic N) is 1. The number of benzene rings is 1. The SMILES string of the molecule is CNC(=O)C(C)CN(C)c1c(Cl)cccc1CNC1CC1. The molecule has 5 heteroatoms. The lowest BCUT2D eigenvalue weighted by molar-refractivity contribution is -0.123. The van der Waals surface area contributed by atoms with Gasteiger partial charge in [-0.3, -0.25) is 4.79 Å². The van der Waals surface area contributed by atoms with Gasteiger partial charge in [0.2, 0.25) is 5.91 Å². The van der Waals surface area contributed by atoms with Crippen molar-refractivity contribution < 1.29 is 4.79 Å². The number of hydrogen-bond donors (Lipinski definition) is 2. The fourth-order valence-corrected chi connectivity index (χ4v) is 2.84. The van der Waals surface area contributed by atoms with Gasteiger partial charge >= 0.3 is 0 Å². The van der Waals surface area contributed by atoms with Crippen LogP contribution in [0.4, 0.5) is 5.69 Å². The number of halogens is 1. The Morgan fingerprint density at radius 1 is 1.48 bits per heavy atom. The van der Waals surface area contributed by atoms with Crippen LogP contribution < -0.4 is 15.5 Å². The minimum atomic E-state index is -0.0829. The largest absolute Gasteiger partial charge is 0.372 e. The number of rotatable bonds is 7. The molecule has 116 valence electrons.